The van der Waals surface area contributed by atoms with Gasteiger partial charge >= 0.3 is 0 Å². The predicted molar refractivity (Wildman–Crippen MR) is 104 cm³/mol. The molecule has 5 heteroatoms. The van der Waals surface area contributed by atoms with Crippen LogP contribution in [0.1, 0.15) is 25.7 Å². The highest BCUT2D eigenvalue weighted by Gasteiger charge is 2.43. The molecule has 1 saturated carbocycles. The molecule has 0 amide bonds. The van der Waals surface area contributed by atoms with E-state index in [2.05, 4.69) is 57.9 Å². The van der Waals surface area contributed by atoms with Gasteiger partial charge in [-0.15, -0.1) is 11.8 Å². The monoisotopic (exact) mass is 346 g/mol. The van der Waals surface area contributed by atoms with E-state index in [1.54, 1.807) is 0 Å². The van der Waals surface area contributed by atoms with E-state index < -0.39 is 0 Å². The van der Waals surface area contributed by atoms with E-state index in [0.717, 1.165) is 25.0 Å². The zero-order valence-electron chi connectivity index (χ0n) is 14.9. The van der Waals surface area contributed by atoms with Crippen LogP contribution in [0.15, 0.2) is 40.2 Å². The molecule has 1 aliphatic carbocycles. The number of nitrogens with one attached hydrogen (secondary N) is 2. The molecule has 132 valence electrons. The summed E-state index contributed by atoms with van der Waals surface area (Å²) in [7, 11) is 4.09. The second-order valence-electron chi connectivity index (χ2n) is 7.18. The molecule has 0 spiro atoms. The van der Waals surface area contributed by atoms with Gasteiger partial charge in [0.2, 0.25) is 0 Å². The van der Waals surface area contributed by atoms with Gasteiger partial charge in [0.15, 0.2) is 5.96 Å². The van der Waals surface area contributed by atoms with Gasteiger partial charge in [-0.3, -0.25) is 4.99 Å². The minimum absolute atomic E-state index is 0.351. The molecule has 2 N–H and O–H groups in total. The highest BCUT2D eigenvalue weighted by molar-refractivity contribution is 8.01. The molecule has 0 radical (unpaired) electrons. The maximum absolute atomic E-state index is 4.40. The van der Waals surface area contributed by atoms with Crippen LogP contribution < -0.4 is 10.6 Å². The van der Waals surface area contributed by atoms with Crippen molar-refractivity contribution in [2.75, 3.05) is 40.3 Å². The fourth-order valence-electron chi connectivity index (χ4n) is 3.34. The lowest BCUT2D eigenvalue weighted by atomic mass is 9.99. The van der Waals surface area contributed by atoms with E-state index in [1.807, 2.05) is 18.8 Å². The molecule has 1 atom stereocenters. The fraction of sp³-hybridized carbons (Fsp3) is 0.632. The summed E-state index contributed by atoms with van der Waals surface area (Å²) >= 11 is 2.00. The topological polar surface area (TPSA) is 39.7 Å². The lowest BCUT2D eigenvalue weighted by molar-refractivity contribution is 0.210. The zero-order valence-corrected chi connectivity index (χ0v) is 15.7. The third-order valence-electron chi connectivity index (χ3n) is 4.97. The van der Waals surface area contributed by atoms with Crippen LogP contribution >= 0.6 is 11.8 Å². The second kappa shape index (κ2) is 8.26. The first kappa shape index (κ1) is 17.6. The number of guanidine groups is 1. The van der Waals surface area contributed by atoms with Gasteiger partial charge in [0.05, 0.1) is 0 Å². The molecule has 1 unspecified atom stereocenters. The Kier molecular flexibility index (Phi) is 6.06. The number of likely N-dealkylation sites (tertiary alicyclic amines) is 1. The van der Waals surface area contributed by atoms with E-state index >= 15 is 0 Å². The molecule has 2 aliphatic rings. The van der Waals surface area contributed by atoms with Crippen molar-refractivity contribution in [1.82, 2.24) is 15.5 Å². The molecule has 1 aromatic carbocycles. The Morgan fingerprint density at radius 1 is 1.29 bits per heavy atom. The first-order valence-electron chi connectivity index (χ1n) is 9.06. The predicted octanol–water partition coefficient (Wildman–Crippen LogP) is 2.82. The molecule has 2 fully saturated rings. The van der Waals surface area contributed by atoms with Crippen LogP contribution in [0.4, 0.5) is 0 Å². The summed E-state index contributed by atoms with van der Waals surface area (Å²) in [4.78, 5) is 8.20. The molecular formula is C19H30N4S. The minimum Gasteiger partial charge on any atom is -0.356 e. The third-order valence-corrected chi connectivity index (χ3v) is 6.46. The Hall–Kier alpha value is -1.20. The normalized spacial score (nSPS) is 23.8. The van der Waals surface area contributed by atoms with Crippen LogP contribution in [-0.4, -0.2) is 55.9 Å². The molecule has 1 aromatic rings. The van der Waals surface area contributed by atoms with Crippen molar-refractivity contribution < 1.29 is 0 Å². The van der Waals surface area contributed by atoms with E-state index in [4.69, 9.17) is 0 Å². The Bertz CT molecular complexity index is 542. The minimum atomic E-state index is 0.351. The molecule has 0 bridgehead atoms. The summed E-state index contributed by atoms with van der Waals surface area (Å²) in [6, 6.07) is 10.7. The molecule has 24 heavy (non-hydrogen) atoms. The number of piperidine rings is 1. The number of nitrogens with zero attached hydrogens (tertiary/aromatic N) is 2. The molecule has 1 heterocycles. The number of benzene rings is 1. The smallest absolute Gasteiger partial charge is 0.191 e. The number of hydrogen-bond donors (Lipinski definition) is 2. The van der Waals surface area contributed by atoms with Gasteiger partial charge in [-0.2, -0.15) is 0 Å². The van der Waals surface area contributed by atoms with Crippen molar-refractivity contribution in [2.45, 2.75) is 35.3 Å². The van der Waals surface area contributed by atoms with Gasteiger partial charge in [0, 0.05) is 36.3 Å². The van der Waals surface area contributed by atoms with Crippen LogP contribution in [0.25, 0.3) is 0 Å². The van der Waals surface area contributed by atoms with Crippen molar-refractivity contribution in [3.05, 3.63) is 30.3 Å². The standard InChI is InChI=1S/C19H30N4S/c1-20-18(21-13-16-7-6-12-23(2)14-16)22-15-19(10-11-19)24-17-8-4-3-5-9-17/h3-5,8-9,16H,6-7,10-15H2,1-2H3,(H2,20,21,22). The van der Waals surface area contributed by atoms with Gasteiger partial charge < -0.3 is 15.5 Å². The van der Waals surface area contributed by atoms with Crippen molar-refractivity contribution >= 4 is 17.7 Å². The van der Waals surface area contributed by atoms with Gasteiger partial charge in [0.1, 0.15) is 0 Å². The number of hydrogen-bond acceptors (Lipinski definition) is 3. The van der Waals surface area contributed by atoms with E-state index in [0.29, 0.717) is 4.75 Å². The Morgan fingerprint density at radius 2 is 2.08 bits per heavy atom. The van der Waals surface area contributed by atoms with Crippen molar-refractivity contribution in [3.8, 4) is 0 Å². The third kappa shape index (κ3) is 5.15. The zero-order chi connectivity index (χ0) is 16.8. The number of thioether (sulfide) groups is 1. The molecule has 4 nitrogen and oxygen atoms in total. The van der Waals surface area contributed by atoms with Crippen molar-refractivity contribution in [3.63, 3.8) is 0 Å². The van der Waals surface area contributed by atoms with Crippen LogP contribution in [0, 0.1) is 5.92 Å². The average molecular weight is 347 g/mol. The van der Waals surface area contributed by atoms with Crippen LogP contribution in [0.3, 0.4) is 0 Å². The summed E-state index contributed by atoms with van der Waals surface area (Å²) in [6.07, 6.45) is 5.20. The Labute approximate surface area is 150 Å². The molecule has 1 saturated heterocycles. The fourth-order valence-corrected chi connectivity index (χ4v) is 4.58. The summed E-state index contributed by atoms with van der Waals surface area (Å²) < 4.78 is 0.351. The van der Waals surface area contributed by atoms with E-state index in [-0.39, 0.29) is 0 Å². The summed E-state index contributed by atoms with van der Waals surface area (Å²) in [5.74, 6) is 1.68. The largest absolute Gasteiger partial charge is 0.356 e. The lowest BCUT2D eigenvalue weighted by Crippen LogP contribution is -2.45. The average Bonchev–Trinajstić information content (AvgIpc) is 3.36. The molecule has 3 rings (SSSR count). The van der Waals surface area contributed by atoms with E-state index in [1.165, 1.54) is 43.7 Å². The van der Waals surface area contributed by atoms with Crippen LogP contribution in [0.2, 0.25) is 0 Å². The lowest BCUT2D eigenvalue weighted by Gasteiger charge is -2.30. The maximum atomic E-state index is 4.40. The number of aliphatic imine (C=N–C) groups is 1. The van der Waals surface area contributed by atoms with Gasteiger partial charge in [-0.05, 0) is 57.3 Å². The first-order valence-corrected chi connectivity index (χ1v) is 9.88. The Morgan fingerprint density at radius 3 is 2.75 bits per heavy atom. The van der Waals surface area contributed by atoms with Gasteiger partial charge in [-0.25, -0.2) is 0 Å². The van der Waals surface area contributed by atoms with E-state index in [9.17, 15) is 0 Å². The highest BCUT2D eigenvalue weighted by Crippen LogP contribution is 2.51. The second-order valence-corrected chi connectivity index (χ2v) is 8.72. The van der Waals surface area contributed by atoms with Crippen molar-refractivity contribution in [2.24, 2.45) is 10.9 Å². The molecule has 0 aromatic heterocycles. The summed E-state index contributed by atoms with van der Waals surface area (Å²) in [6.45, 7) is 4.43. The maximum Gasteiger partial charge on any atom is 0.191 e. The number of rotatable bonds is 6. The van der Waals surface area contributed by atoms with Crippen LogP contribution in [-0.2, 0) is 0 Å². The van der Waals surface area contributed by atoms with Crippen molar-refractivity contribution in [1.29, 1.82) is 0 Å². The van der Waals surface area contributed by atoms with Crippen LogP contribution in [0.5, 0.6) is 0 Å². The Balaban J connectivity index is 1.42. The molecular weight excluding hydrogens is 316 g/mol. The summed E-state index contributed by atoms with van der Waals surface area (Å²) in [5.41, 5.74) is 0. The van der Waals surface area contributed by atoms with Gasteiger partial charge in [-0.1, -0.05) is 18.2 Å². The SMILES string of the molecule is CN=C(NCC1CCCN(C)C1)NCC1(Sc2ccccc2)CC1. The highest BCUT2D eigenvalue weighted by atomic mass is 32.2. The van der Waals surface area contributed by atoms with Gasteiger partial charge in [0.25, 0.3) is 0 Å². The summed E-state index contributed by atoms with van der Waals surface area (Å²) in [5, 5.41) is 7.07. The quantitative estimate of drug-likeness (QED) is 0.614. The molecule has 1 aliphatic heterocycles. The first-order chi connectivity index (χ1) is 11.7.